The predicted octanol–water partition coefficient (Wildman–Crippen LogP) is 3.69. The van der Waals surface area contributed by atoms with Gasteiger partial charge in [0.2, 0.25) is 0 Å². The van der Waals surface area contributed by atoms with Crippen LogP contribution >= 0.6 is 0 Å². The van der Waals surface area contributed by atoms with E-state index < -0.39 is 0 Å². The molecule has 2 rings (SSSR count). The summed E-state index contributed by atoms with van der Waals surface area (Å²) in [6, 6.07) is 11.4. The van der Waals surface area contributed by atoms with Crippen LogP contribution in [0.25, 0.3) is 12.2 Å². The molecule has 0 radical (unpaired) electrons. The monoisotopic (exact) mass is 341 g/mol. The third-order valence-corrected chi connectivity index (χ3v) is 3.59. The van der Waals surface area contributed by atoms with E-state index in [-0.39, 0.29) is 17.5 Å². The van der Waals surface area contributed by atoms with E-state index >= 15 is 0 Å². The van der Waals surface area contributed by atoms with Crippen LogP contribution in [0.5, 0.6) is 17.2 Å². The summed E-state index contributed by atoms with van der Waals surface area (Å²) >= 11 is 0. The Balaban J connectivity index is 1.99. The van der Waals surface area contributed by atoms with E-state index in [2.05, 4.69) is 0 Å². The molecule has 5 heteroatoms. The number of rotatable bonds is 8. The van der Waals surface area contributed by atoms with Gasteiger partial charge in [-0.15, -0.1) is 0 Å². The van der Waals surface area contributed by atoms with Gasteiger partial charge in [-0.05, 0) is 54.8 Å². The standard InChI is InChI=1S/C20H23NO4/c21-11-3-1-2-4-20(24)25-19-13-16(12-18(23)14-19)6-5-15-7-9-17(22)10-8-15/h5-10,12-14,22-23H,1-4,11,21H2/b6-5+. The third kappa shape index (κ3) is 6.69. The summed E-state index contributed by atoms with van der Waals surface area (Å²) < 4.78 is 5.29. The van der Waals surface area contributed by atoms with Crippen molar-refractivity contribution in [3.8, 4) is 17.2 Å². The molecular formula is C20H23NO4. The highest BCUT2D eigenvalue weighted by atomic mass is 16.5. The predicted molar refractivity (Wildman–Crippen MR) is 98.3 cm³/mol. The molecule has 0 unspecified atom stereocenters. The summed E-state index contributed by atoms with van der Waals surface area (Å²) in [6.45, 7) is 0.623. The van der Waals surface area contributed by atoms with Gasteiger partial charge in [-0.3, -0.25) is 4.79 Å². The Morgan fingerprint density at radius 1 is 0.920 bits per heavy atom. The largest absolute Gasteiger partial charge is 0.508 e. The molecule has 0 aromatic heterocycles. The molecule has 2 aromatic rings. The summed E-state index contributed by atoms with van der Waals surface area (Å²) in [6.07, 6.45) is 6.49. The van der Waals surface area contributed by atoms with Gasteiger partial charge in [-0.25, -0.2) is 0 Å². The lowest BCUT2D eigenvalue weighted by Gasteiger charge is -2.06. The highest BCUT2D eigenvalue weighted by Gasteiger charge is 2.06. The molecule has 0 saturated heterocycles. The first-order chi connectivity index (χ1) is 12.1. The lowest BCUT2D eigenvalue weighted by atomic mass is 10.1. The van der Waals surface area contributed by atoms with Gasteiger partial charge in [0, 0.05) is 12.5 Å². The van der Waals surface area contributed by atoms with Crippen molar-refractivity contribution < 1.29 is 19.7 Å². The second-order valence-corrected chi connectivity index (χ2v) is 5.76. The Labute approximate surface area is 147 Å². The summed E-state index contributed by atoms with van der Waals surface area (Å²) in [4.78, 5) is 11.8. The lowest BCUT2D eigenvalue weighted by Crippen LogP contribution is -2.08. The lowest BCUT2D eigenvalue weighted by molar-refractivity contribution is -0.134. The van der Waals surface area contributed by atoms with Crippen molar-refractivity contribution in [3.05, 3.63) is 53.6 Å². The highest BCUT2D eigenvalue weighted by Crippen LogP contribution is 2.24. The number of phenolic OH excluding ortho intramolecular Hbond substituents is 2. The van der Waals surface area contributed by atoms with Gasteiger partial charge in [0.1, 0.15) is 17.2 Å². The van der Waals surface area contributed by atoms with Crippen LogP contribution in [0.2, 0.25) is 0 Å². The molecule has 0 atom stereocenters. The molecule has 0 saturated carbocycles. The van der Waals surface area contributed by atoms with Crippen molar-refractivity contribution in [2.75, 3.05) is 6.54 Å². The zero-order valence-corrected chi connectivity index (χ0v) is 14.0. The van der Waals surface area contributed by atoms with E-state index in [9.17, 15) is 15.0 Å². The Morgan fingerprint density at radius 3 is 2.36 bits per heavy atom. The Bertz CT molecular complexity index is 723. The van der Waals surface area contributed by atoms with E-state index in [4.69, 9.17) is 10.5 Å². The normalized spacial score (nSPS) is 10.9. The van der Waals surface area contributed by atoms with Gasteiger partial charge >= 0.3 is 5.97 Å². The minimum absolute atomic E-state index is 0.0267. The van der Waals surface area contributed by atoms with Crippen molar-refractivity contribution >= 4 is 18.1 Å². The van der Waals surface area contributed by atoms with Crippen LogP contribution in [-0.4, -0.2) is 22.7 Å². The molecule has 25 heavy (non-hydrogen) atoms. The van der Waals surface area contributed by atoms with E-state index in [1.807, 2.05) is 6.08 Å². The molecule has 0 amide bonds. The van der Waals surface area contributed by atoms with Crippen molar-refractivity contribution in [1.82, 2.24) is 0 Å². The second-order valence-electron chi connectivity index (χ2n) is 5.76. The molecule has 0 spiro atoms. The zero-order valence-electron chi connectivity index (χ0n) is 14.0. The molecule has 132 valence electrons. The number of carbonyl (C=O) groups is 1. The minimum atomic E-state index is -0.323. The Hall–Kier alpha value is -2.79. The van der Waals surface area contributed by atoms with Crippen molar-refractivity contribution in [3.63, 3.8) is 0 Å². The SMILES string of the molecule is NCCCCCC(=O)Oc1cc(O)cc(/C=C/c2ccc(O)cc2)c1. The third-order valence-electron chi connectivity index (χ3n) is 3.59. The topological polar surface area (TPSA) is 92.8 Å². The molecule has 0 aliphatic heterocycles. The quantitative estimate of drug-likeness (QED) is 0.295. The number of hydrogen-bond acceptors (Lipinski definition) is 5. The smallest absolute Gasteiger partial charge is 0.311 e. The number of ether oxygens (including phenoxy) is 1. The van der Waals surface area contributed by atoms with E-state index in [0.29, 0.717) is 24.3 Å². The first-order valence-corrected chi connectivity index (χ1v) is 8.29. The minimum Gasteiger partial charge on any atom is -0.508 e. The first kappa shape index (κ1) is 18.5. The maximum Gasteiger partial charge on any atom is 0.311 e. The van der Waals surface area contributed by atoms with Crippen LogP contribution in [0, 0.1) is 0 Å². The molecule has 2 aromatic carbocycles. The van der Waals surface area contributed by atoms with Gasteiger partial charge in [0.25, 0.3) is 0 Å². The number of carbonyl (C=O) groups excluding carboxylic acids is 1. The zero-order chi connectivity index (χ0) is 18.1. The van der Waals surface area contributed by atoms with Crippen LogP contribution in [-0.2, 0) is 4.79 Å². The number of nitrogens with two attached hydrogens (primary N) is 1. The summed E-state index contributed by atoms with van der Waals surface area (Å²) in [5.41, 5.74) is 7.03. The maximum atomic E-state index is 11.8. The molecular weight excluding hydrogens is 318 g/mol. The average molecular weight is 341 g/mol. The van der Waals surface area contributed by atoms with Crippen molar-refractivity contribution in [2.45, 2.75) is 25.7 Å². The highest BCUT2D eigenvalue weighted by molar-refractivity contribution is 5.74. The summed E-state index contributed by atoms with van der Waals surface area (Å²) in [7, 11) is 0. The second kappa shape index (κ2) is 9.49. The Kier molecular flexibility index (Phi) is 7.04. The van der Waals surface area contributed by atoms with Crippen LogP contribution in [0.1, 0.15) is 36.8 Å². The number of esters is 1. The van der Waals surface area contributed by atoms with Gasteiger partial charge in [0.15, 0.2) is 0 Å². The summed E-state index contributed by atoms with van der Waals surface area (Å²) in [5.74, 6) is 0.222. The number of phenols is 2. The fourth-order valence-corrected chi connectivity index (χ4v) is 2.31. The van der Waals surface area contributed by atoms with Gasteiger partial charge in [-0.1, -0.05) is 30.7 Å². The number of benzene rings is 2. The van der Waals surface area contributed by atoms with Crippen LogP contribution in [0.15, 0.2) is 42.5 Å². The summed E-state index contributed by atoms with van der Waals surface area (Å²) in [5, 5.41) is 19.1. The van der Waals surface area contributed by atoms with Gasteiger partial charge < -0.3 is 20.7 Å². The van der Waals surface area contributed by atoms with E-state index in [1.54, 1.807) is 42.5 Å². The van der Waals surface area contributed by atoms with E-state index in [1.165, 1.54) is 6.07 Å². The van der Waals surface area contributed by atoms with Crippen molar-refractivity contribution in [2.24, 2.45) is 5.73 Å². The van der Waals surface area contributed by atoms with Gasteiger partial charge in [-0.2, -0.15) is 0 Å². The average Bonchev–Trinajstić information content (AvgIpc) is 2.58. The molecule has 0 heterocycles. The van der Waals surface area contributed by atoms with Gasteiger partial charge in [0.05, 0.1) is 0 Å². The maximum absolute atomic E-state index is 11.8. The van der Waals surface area contributed by atoms with E-state index in [0.717, 1.165) is 24.8 Å². The number of aromatic hydroxyl groups is 2. The van der Waals surface area contributed by atoms with Crippen LogP contribution in [0.3, 0.4) is 0 Å². The number of unbranched alkanes of at least 4 members (excludes halogenated alkanes) is 2. The number of hydrogen-bond donors (Lipinski definition) is 3. The fraction of sp³-hybridized carbons (Fsp3) is 0.250. The van der Waals surface area contributed by atoms with Crippen LogP contribution in [0.4, 0.5) is 0 Å². The molecule has 0 bridgehead atoms. The molecule has 0 fully saturated rings. The molecule has 0 aliphatic carbocycles. The molecule has 5 nitrogen and oxygen atoms in total. The fourth-order valence-electron chi connectivity index (χ4n) is 2.31. The molecule has 4 N–H and O–H groups in total. The first-order valence-electron chi connectivity index (χ1n) is 8.29. The van der Waals surface area contributed by atoms with Crippen molar-refractivity contribution in [1.29, 1.82) is 0 Å². The Morgan fingerprint density at radius 2 is 1.64 bits per heavy atom. The van der Waals surface area contributed by atoms with Crippen LogP contribution < -0.4 is 10.5 Å². The molecule has 0 aliphatic rings.